The van der Waals surface area contributed by atoms with Crippen molar-refractivity contribution in [1.29, 1.82) is 5.26 Å². The van der Waals surface area contributed by atoms with E-state index in [-0.39, 0.29) is 11.7 Å². The maximum absolute atomic E-state index is 12.0. The minimum absolute atomic E-state index is 0.111. The van der Waals surface area contributed by atoms with Gasteiger partial charge in [-0.3, -0.25) is 9.36 Å². The second-order valence-corrected chi connectivity index (χ2v) is 6.63. The lowest BCUT2D eigenvalue weighted by molar-refractivity contribution is -0.118. The van der Waals surface area contributed by atoms with Gasteiger partial charge in [-0.1, -0.05) is 23.9 Å². The number of para-hydroxylation sites is 2. The van der Waals surface area contributed by atoms with Crippen molar-refractivity contribution in [2.75, 3.05) is 18.9 Å². The van der Waals surface area contributed by atoms with Gasteiger partial charge in [-0.15, -0.1) is 0 Å². The lowest BCUT2D eigenvalue weighted by Crippen LogP contribution is -2.26. The van der Waals surface area contributed by atoms with Gasteiger partial charge < -0.3 is 10.1 Å². The molecular weight excluding hydrogens is 360 g/mol. The molecule has 7 heteroatoms. The van der Waals surface area contributed by atoms with E-state index in [0.717, 1.165) is 27.6 Å². The molecule has 2 aromatic carbocycles. The molecule has 0 atom stereocenters. The van der Waals surface area contributed by atoms with Crippen LogP contribution in [0.2, 0.25) is 0 Å². The molecule has 0 saturated heterocycles. The van der Waals surface area contributed by atoms with Crippen LogP contribution in [0, 0.1) is 11.3 Å². The number of nitrogens with zero attached hydrogens (tertiary/aromatic N) is 3. The van der Waals surface area contributed by atoms with Gasteiger partial charge in [-0.2, -0.15) is 5.26 Å². The summed E-state index contributed by atoms with van der Waals surface area (Å²) in [5.41, 5.74) is 2.81. The van der Waals surface area contributed by atoms with Crippen LogP contribution in [-0.2, 0) is 4.79 Å². The lowest BCUT2D eigenvalue weighted by atomic mass is 10.2. The molecule has 3 aromatic rings. The Morgan fingerprint density at radius 2 is 2.04 bits per heavy atom. The molecule has 0 radical (unpaired) electrons. The predicted octanol–water partition coefficient (Wildman–Crippen LogP) is 3.55. The molecule has 0 fully saturated rings. The van der Waals surface area contributed by atoms with E-state index in [0.29, 0.717) is 19.6 Å². The first-order valence-electron chi connectivity index (χ1n) is 8.70. The second-order valence-electron chi connectivity index (χ2n) is 5.69. The molecule has 1 heterocycles. The number of benzene rings is 2. The van der Waals surface area contributed by atoms with Crippen LogP contribution < -0.4 is 10.1 Å². The molecule has 6 nitrogen and oxygen atoms in total. The highest BCUT2D eigenvalue weighted by molar-refractivity contribution is 7.99. The van der Waals surface area contributed by atoms with Crippen LogP contribution in [0.15, 0.2) is 53.7 Å². The van der Waals surface area contributed by atoms with Gasteiger partial charge in [0.2, 0.25) is 5.91 Å². The Hall–Kier alpha value is -2.98. The molecule has 1 N–H and O–H groups in total. The average molecular weight is 380 g/mol. The third kappa shape index (κ3) is 4.60. The number of fused-ring (bicyclic) bond motifs is 1. The van der Waals surface area contributed by atoms with Crippen molar-refractivity contribution in [3.63, 3.8) is 0 Å². The number of aromatic nitrogens is 2. The summed E-state index contributed by atoms with van der Waals surface area (Å²) in [6, 6.07) is 17.7. The van der Waals surface area contributed by atoms with Crippen LogP contribution in [0.1, 0.15) is 13.3 Å². The van der Waals surface area contributed by atoms with Crippen molar-refractivity contribution in [2.45, 2.75) is 18.5 Å². The number of carbonyl (C=O) groups excluding carboxylic acids is 1. The molecular formula is C20H20N4O2S. The van der Waals surface area contributed by atoms with Gasteiger partial charge in [0, 0.05) is 12.2 Å². The average Bonchev–Trinajstić information content (AvgIpc) is 3.06. The van der Waals surface area contributed by atoms with E-state index in [1.54, 1.807) is 0 Å². The van der Waals surface area contributed by atoms with E-state index in [1.165, 1.54) is 11.8 Å². The number of ether oxygens (including phenoxy) is 1. The van der Waals surface area contributed by atoms with E-state index < -0.39 is 0 Å². The second kappa shape index (κ2) is 9.10. The zero-order valence-electron chi connectivity index (χ0n) is 15.0. The van der Waals surface area contributed by atoms with Crippen molar-refractivity contribution in [3.8, 4) is 17.5 Å². The zero-order chi connectivity index (χ0) is 19.1. The Morgan fingerprint density at radius 1 is 1.26 bits per heavy atom. The first-order chi connectivity index (χ1) is 13.2. The lowest BCUT2D eigenvalue weighted by Gasteiger charge is -2.10. The van der Waals surface area contributed by atoms with Gasteiger partial charge in [0.25, 0.3) is 0 Å². The molecule has 1 amide bonds. The highest BCUT2D eigenvalue weighted by atomic mass is 32.2. The summed E-state index contributed by atoms with van der Waals surface area (Å²) >= 11 is 1.37. The molecule has 0 spiro atoms. The summed E-state index contributed by atoms with van der Waals surface area (Å²) in [5.74, 6) is 0.948. The number of imidazole rings is 1. The van der Waals surface area contributed by atoms with Crippen molar-refractivity contribution in [1.82, 2.24) is 14.9 Å². The molecule has 3 rings (SSSR count). The molecule has 0 saturated carbocycles. The molecule has 0 aliphatic carbocycles. The number of hydrogen-bond donors (Lipinski definition) is 1. The fourth-order valence-electron chi connectivity index (χ4n) is 2.65. The predicted molar refractivity (Wildman–Crippen MR) is 106 cm³/mol. The quantitative estimate of drug-likeness (QED) is 0.477. The molecule has 0 bridgehead atoms. The van der Waals surface area contributed by atoms with Crippen LogP contribution >= 0.6 is 11.8 Å². The van der Waals surface area contributed by atoms with Crippen LogP contribution in [0.4, 0.5) is 0 Å². The smallest absolute Gasteiger partial charge is 0.230 e. The molecule has 0 aliphatic rings. The summed E-state index contributed by atoms with van der Waals surface area (Å²) < 4.78 is 7.56. The van der Waals surface area contributed by atoms with Crippen LogP contribution in [0.5, 0.6) is 5.75 Å². The van der Waals surface area contributed by atoms with Crippen molar-refractivity contribution in [3.05, 3.63) is 48.5 Å². The van der Waals surface area contributed by atoms with Crippen LogP contribution in [-0.4, -0.2) is 34.4 Å². The van der Waals surface area contributed by atoms with E-state index >= 15 is 0 Å². The number of nitrogens with one attached hydrogen (secondary N) is 1. The Morgan fingerprint density at radius 3 is 2.78 bits per heavy atom. The molecule has 138 valence electrons. The topological polar surface area (TPSA) is 79.9 Å². The normalized spacial score (nSPS) is 10.5. The highest BCUT2D eigenvalue weighted by Crippen LogP contribution is 2.28. The first-order valence-corrected chi connectivity index (χ1v) is 9.68. The number of thioether (sulfide) groups is 1. The minimum Gasteiger partial charge on any atom is -0.494 e. The van der Waals surface area contributed by atoms with E-state index in [1.807, 2.05) is 66.1 Å². The Bertz CT molecular complexity index is 960. The SMILES string of the molecule is CCOc1ccc(-n2c(SCC(=O)NCCC#N)nc3ccccc32)cc1. The Labute approximate surface area is 162 Å². The number of hydrogen-bond acceptors (Lipinski definition) is 5. The van der Waals surface area contributed by atoms with E-state index in [2.05, 4.69) is 10.3 Å². The van der Waals surface area contributed by atoms with Gasteiger partial charge in [-0.05, 0) is 43.3 Å². The van der Waals surface area contributed by atoms with Gasteiger partial charge >= 0.3 is 0 Å². The number of amides is 1. The fraction of sp³-hybridized carbons (Fsp3) is 0.250. The molecule has 1 aromatic heterocycles. The third-order valence-electron chi connectivity index (χ3n) is 3.83. The number of rotatable bonds is 8. The van der Waals surface area contributed by atoms with Gasteiger partial charge in [-0.25, -0.2) is 4.98 Å². The molecule has 0 aliphatic heterocycles. The molecule has 0 unspecified atom stereocenters. The summed E-state index contributed by atoms with van der Waals surface area (Å²) in [6.07, 6.45) is 0.307. The summed E-state index contributed by atoms with van der Waals surface area (Å²) in [7, 11) is 0. The van der Waals surface area contributed by atoms with E-state index in [4.69, 9.17) is 10.00 Å². The highest BCUT2D eigenvalue weighted by Gasteiger charge is 2.14. The largest absolute Gasteiger partial charge is 0.494 e. The summed E-state index contributed by atoms with van der Waals surface area (Å²) in [5, 5.41) is 12.0. The maximum atomic E-state index is 12.0. The Balaban J connectivity index is 1.86. The monoisotopic (exact) mass is 380 g/mol. The van der Waals surface area contributed by atoms with Crippen LogP contribution in [0.3, 0.4) is 0 Å². The third-order valence-corrected chi connectivity index (χ3v) is 4.77. The van der Waals surface area contributed by atoms with E-state index in [9.17, 15) is 4.79 Å². The summed E-state index contributed by atoms with van der Waals surface area (Å²) in [4.78, 5) is 16.7. The first kappa shape index (κ1) is 18.8. The standard InChI is InChI=1S/C20H20N4O2S/c1-2-26-16-10-8-15(9-11-16)24-18-7-4-3-6-17(18)23-20(24)27-14-19(25)22-13-5-12-21/h3-4,6-11H,2,5,13-14H2,1H3,(H,22,25). The van der Waals surface area contributed by atoms with Gasteiger partial charge in [0.05, 0.1) is 35.9 Å². The number of carbonyl (C=O) groups is 1. The molecule has 27 heavy (non-hydrogen) atoms. The zero-order valence-corrected chi connectivity index (χ0v) is 15.8. The Kier molecular flexibility index (Phi) is 6.34. The maximum Gasteiger partial charge on any atom is 0.230 e. The summed E-state index contributed by atoms with van der Waals surface area (Å²) in [6.45, 7) is 2.94. The van der Waals surface area contributed by atoms with Crippen molar-refractivity contribution >= 4 is 28.7 Å². The van der Waals surface area contributed by atoms with Crippen molar-refractivity contribution in [2.24, 2.45) is 0 Å². The minimum atomic E-state index is -0.111. The van der Waals surface area contributed by atoms with Crippen LogP contribution in [0.25, 0.3) is 16.7 Å². The van der Waals surface area contributed by atoms with Gasteiger partial charge in [0.15, 0.2) is 5.16 Å². The van der Waals surface area contributed by atoms with Crippen molar-refractivity contribution < 1.29 is 9.53 Å². The van der Waals surface area contributed by atoms with Gasteiger partial charge in [0.1, 0.15) is 5.75 Å². The number of nitriles is 1. The fourth-order valence-corrected chi connectivity index (χ4v) is 3.51.